The van der Waals surface area contributed by atoms with Gasteiger partial charge in [0.1, 0.15) is 5.75 Å². The Morgan fingerprint density at radius 2 is 1.58 bits per heavy atom. The molecule has 1 atom stereocenters. The lowest BCUT2D eigenvalue weighted by molar-refractivity contribution is -0.121. The van der Waals surface area contributed by atoms with E-state index < -0.39 is 16.1 Å². The Bertz CT molecular complexity index is 1130. The van der Waals surface area contributed by atoms with Gasteiger partial charge in [-0.2, -0.15) is 0 Å². The second kappa shape index (κ2) is 9.52. The first-order valence-corrected chi connectivity index (χ1v) is 12.7. The number of sulfonamides is 1. The van der Waals surface area contributed by atoms with Gasteiger partial charge in [0.2, 0.25) is 21.8 Å². The summed E-state index contributed by atoms with van der Waals surface area (Å²) in [7, 11) is -2.51. The van der Waals surface area contributed by atoms with E-state index in [4.69, 9.17) is 4.74 Å². The topological polar surface area (TPSA) is 96.0 Å². The Balaban J connectivity index is 1.54. The summed E-state index contributed by atoms with van der Waals surface area (Å²) in [5.41, 5.74) is 2.14. The first kappa shape index (κ1) is 23.3. The zero-order valence-electron chi connectivity index (χ0n) is 18.9. The predicted molar refractivity (Wildman–Crippen MR) is 126 cm³/mol. The number of imide groups is 1. The number of anilines is 2. The average molecular weight is 472 g/mol. The molecule has 0 aromatic heterocycles. The van der Waals surface area contributed by atoms with Crippen molar-refractivity contribution in [3.05, 3.63) is 48.0 Å². The maximum absolute atomic E-state index is 13.1. The van der Waals surface area contributed by atoms with Crippen molar-refractivity contribution >= 4 is 33.2 Å². The molecule has 2 aromatic rings. The number of piperidine rings is 1. The number of nitrogens with one attached hydrogen (secondary N) is 1. The number of methoxy groups -OCH3 is 1. The van der Waals surface area contributed by atoms with Crippen molar-refractivity contribution in [2.24, 2.45) is 0 Å². The molecule has 2 aromatic carbocycles. The molecule has 9 heteroatoms. The van der Waals surface area contributed by atoms with Crippen molar-refractivity contribution in [2.45, 2.75) is 50.0 Å². The third kappa shape index (κ3) is 4.89. The van der Waals surface area contributed by atoms with E-state index in [1.807, 2.05) is 24.3 Å². The van der Waals surface area contributed by atoms with Crippen LogP contribution in [0, 0.1) is 0 Å². The molecule has 2 saturated heterocycles. The third-order valence-electron chi connectivity index (χ3n) is 6.20. The fourth-order valence-corrected chi connectivity index (χ4v) is 5.60. The van der Waals surface area contributed by atoms with Gasteiger partial charge in [0, 0.05) is 37.7 Å². The fraction of sp³-hybridized carbons (Fsp3) is 0.417. The highest BCUT2D eigenvalue weighted by Crippen LogP contribution is 2.34. The predicted octanol–water partition coefficient (Wildman–Crippen LogP) is 3.38. The standard InChI is InChI=1S/C24H29N3O5S/c1-17(18-6-8-19(9-7-18)26-14-4-3-5-15-26)25-33(30,31)20-10-11-22(32-2)21(16-20)27-23(28)12-13-24(27)29/h6-11,16-17,25H,3-5,12-15H2,1-2H3/t17-/m1/s1. The lowest BCUT2D eigenvalue weighted by atomic mass is 10.1. The largest absolute Gasteiger partial charge is 0.495 e. The van der Waals surface area contributed by atoms with Crippen LogP contribution >= 0.6 is 0 Å². The van der Waals surface area contributed by atoms with Gasteiger partial charge in [0.25, 0.3) is 0 Å². The van der Waals surface area contributed by atoms with Gasteiger partial charge in [0.15, 0.2) is 0 Å². The number of ether oxygens (including phenoxy) is 1. The molecule has 0 bridgehead atoms. The molecular formula is C24H29N3O5S. The van der Waals surface area contributed by atoms with Crippen LogP contribution in [0.15, 0.2) is 47.4 Å². The van der Waals surface area contributed by atoms with Crippen molar-refractivity contribution in [2.75, 3.05) is 30.0 Å². The van der Waals surface area contributed by atoms with Crippen LogP contribution in [-0.2, 0) is 19.6 Å². The van der Waals surface area contributed by atoms with E-state index in [2.05, 4.69) is 9.62 Å². The molecule has 2 heterocycles. The highest BCUT2D eigenvalue weighted by Gasteiger charge is 2.33. The van der Waals surface area contributed by atoms with Gasteiger partial charge in [-0.25, -0.2) is 18.0 Å². The molecule has 0 aliphatic carbocycles. The normalized spacial score (nSPS) is 18.0. The molecule has 2 aliphatic heterocycles. The minimum absolute atomic E-state index is 0.0393. The minimum atomic E-state index is -3.92. The number of carbonyl (C=O) groups is 2. The van der Waals surface area contributed by atoms with E-state index in [0.717, 1.165) is 29.2 Å². The van der Waals surface area contributed by atoms with E-state index in [0.29, 0.717) is 0 Å². The summed E-state index contributed by atoms with van der Waals surface area (Å²) >= 11 is 0. The molecule has 0 spiro atoms. The zero-order chi connectivity index (χ0) is 23.6. The quantitative estimate of drug-likeness (QED) is 0.622. The molecule has 8 nitrogen and oxygen atoms in total. The summed E-state index contributed by atoms with van der Waals surface area (Å²) in [4.78, 5) is 27.7. The lowest BCUT2D eigenvalue weighted by Crippen LogP contribution is -2.30. The van der Waals surface area contributed by atoms with Gasteiger partial charge in [0.05, 0.1) is 17.7 Å². The molecule has 33 heavy (non-hydrogen) atoms. The first-order chi connectivity index (χ1) is 15.8. The van der Waals surface area contributed by atoms with Gasteiger partial charge in [-0.1, -0.05) is 12.1 Å². The van der Waals surface area contributed by atoms with Crippen LogP contribution in [0.2, 0.25) is 0 Å². The number of nitrogens with zero attached hydrogens (tertiary/aromatic N) is 2. The number of hydrogen-bond donors (Lipinski definition) is 1. The van der Waals surface area contributed by atoms with Crippen LogP contribution in [0.1, 0.15) is 50.6 Å². The monoisotopic (exact) mass is 471 g/mol. The molecule has 0 unspecified atom stereocenters. The first-order valence-electron chi connectivity index (χ1n) is 11.2. The van der Waals surface area contributed by atoms with Crippen molar-refractivity contribution in [3.8, 4) is 5.75 Å². The summed E-state index contributed by atoms with van der Waals surface area (Å²) in [6.07, 6.45) is 3.84. The number of benzene rings is 2. The molecule has 2 amide bonds. The Morgan fingerprint density at radius 1 is 0.939 bits per heavy atom. The van der Waals surface area contributed by atoms with Crippen molar-refractivity contribution in [1.82, 2.24) is 4.72 Å². The van der Waals surface area contributed by atoms with Crippen LogP contribution in [0.5, 0.6) is 5.75 Å². The van der Waals surface area contributed by atoms with Crippen molar-refractivity contribution in [3.63, 3.8) is 0 Å². The van der Waals surface area contributed by atoms with Crippen LogP contribution in [0.3, 0.4) is 0 Å². The summed E-state index contributed by atoms with van der Waals surface area (Å²) in [6.45, 7) is 3.87. The molecule has 1 N–H and O–H groups in total. The molecular weight excluding hydrogens is 442 g/mol. The van der Waals surface area contributed by atoms with Crippen LogP contribution in [-0.4, -0.2) is 40.4 Å². The summed E-state index contributed by atoms with van der Waals surface area (Å²) in [5.74, 6) is -0.482. The molecule has 0 radical (unpaired) electrons. The van der Waals surface area contributed by atoms with Gasteiger partial charge in [-0.05, 0) is 62.1 Å². The maximum atomic E-state index is 13.1. The summed E-state index contributed by atoms with van der Waals surface area (Å²) < 4.78 is 34.2. The van der Waals surface area contributed by atoms with Gasteiger partial charge < -0.3 is 9.64 Å². The van der Waals surface area contributed by atoms with Gasteiger partial charge in [-0.15, -0.1) is 0 Å². The Hall–Kier alpha value is -2.91. The number of amides is 2. The van der Waals surface area contributed by atoms with Crippen LogP contribution in [0.25, 0.3) is 0 Å². The Kier molecular flexibility index (Phi) is 6.71. The van der Waals surface area contributed by atoms with E-state index in [1.165, 1.54) is 44.6 Å². The zero-order valence-corrected chi connectivity index (χ0v) is 19.7. The Morgan fingerprint density at radius 3 is 2.18 bits per heavy atom. The molecule has 4 rings (SSSR count). The van der Waals surface area contributed by atoms with E-state index >= 15 is 0 Å². The molecule has 0 saturated carbocycles. The number of carbonyl (C=O) groups excluding carboxylic acids is 2. The van der Waals surface area contributed by atoms with Crippen molar-refractivity contribution < 1.29 is 22.7 Å². The van der Waals surface area contributed by atoms with E-state index in [9.17, 15) is 18.0 Å². The van der Waals surface area contributed by atoms with E-state index in [1.54, 1.807) is 6.92 Å². The molecule has 2 fully saturated rings. The summed E-state index contributed by atoms with van der Waals surface area (Å²) in [6, 6.07) is 11.7. The summed E-state index contributed by atoms with van der Waals surface area (Å²) in [5, 5.41) is 0. The van der Waals surface area contributed by atoms with Gasteiger partial charge >= 0.3 is 0 Å². The molecule has 2 aliphatic rings. The smallest absolute Gasteiger partial charge is 0.241 e. The maximum Gasteiger partial charge on any atom is 0.241 e. The SMILES string of the molecule is COc1ccc(S(=O)(=O)N[C@H](C)c2ccc(N3CCCCC3)cc2)cc1N1C(=O)CCC1=O. The minimum Gasteiger partial charge on any atom is -0.495 e. The Labute approximate surface area is 194 Å². The van der Waals surface area contributed by atoms with Gasteiger partial charge in [-0.3, -0.25) is 9.59 Å². The fourth-order valence-electron chi connectivity index (χ4n) is 4.35. The van der Waals surface area contributed by atoms with Crippen molar-refractivity contribution in [1.29, 1.82) is 0 Å². The van der Waals surface area contributed by atoms with Crippen LogP contribution in [0.4, 0.5) is 11.4 Å². The number of rotatable bonds is 7. The lowest BCUT2D eigenvalue weighted by Gasteiger charge is -2.29. The average Bonchev–Trinajstić information content (AvgIpc) is 3.16. The highest BCUT2D eigenvalue weighted by molar-refractivity contribution is 7.89. The highest BCUT2D eigenvalue weighted by atomic mass is 32.2. The van der Waals surface area contributed by atoms with E-state index in [-0.39, 0.29) is 41.0 Å². The number of hydrogen-bond acceptors (Lipinski definition) is 6. The van der Waals surface area contributed by atoms with Crippen LogP contribution < -0.4 is 19.3 Å². The third-order valence-corrected chi connectivity index (χ3v) is 7.74. The second-order valence-electron chi connectivity index (χ2n) is 8.44. The second-order valence-corrected chi connectivity index (χ2v) is 10.2. The molecule has 176 valence electrons.